The minimum Gasteiger partial charge on any atom is -0.380 e. The highest BCUT2D eigenvalue weighted by Crippen LogP contribution is 2.26. The third-order valence-corrected chi connectivity index (χ3v) is 3.25. The molecule has 3 nitrogen and oxygen atoms in total. The number of aromatic nitrogens is 1. The lowest BCUT2D eigenvalue weighted by Crippen LogP contribution is -2.29. The summed E-state index contributed by atoms with van der Waals surface area (Å²) in [7, 11) is 1.67. The smallest absolute Gasteiger partial charge is 0.147 e. The van der Waals surface area contributed by atoms with Crippen LogP contribution in [0.3, 0.4) is 0 Å². The summed E-state index contributed by atoms with van der Waals surface area (Å²) >= 11 is 1.67. The first-order valence-corrected chi connectivity index (χ1v) is 6.16. The van der Waals surface area contributed by atoms with Gasteiger partial charge in [0.1, 0.15) is 4.87 Å². The van der Waals surface area contributed by atoms with Crippen LogP contribution in [-0.2, 0) is 11.3 Å². The van der Waals surface area contributed by atoms with Gasteiger partial charge in [0.25, 0.3) is 0 Å². The number of pyridine rings is 1. The van der Waals surface area contributed by atoms with Crippen LogP contribution in [0.1, 0.15) is 18.1 Å². The molecule has 0 bridgehead atoms. The lowest BCUT2D eigenvalue weighted by atomic mass is 10.2. The average Bonchev–Trinajstić information content (AvgIpc) is 2.76. The van der Waals surface area contributed by atoms with Crippen molar-refractivity contribution in [3.63, 3.8) is 0 Å². The number of rotatable bonds is 2. The Balaban J connectivity index is 2.13. The van der Waals surface area contributed by atoms with E-state index >= 15 is 0 Å². The molecule has 1 aliphatic rings. The zero-order valence-corrected chi connectivity index (χ0v) is 10.7. The molecule has 1 N–H and O–H groups in total. The molecule has 4 heteroatoms. The fourth-order valence-corrected chi connectivity index (χ4v) is 2.11. The van der Waals surface area contributed by atoms with Crippen LogP contribution in [0.4, 0.5) is 0 Å². The molecule has 1 aromatic rings. The van der Waals surface area contributed by atoms with Crippen molar-refractivity contribution in [2.45, 2.75) is 18.4 Å². The monoisotopic (exact) mass is 246 g/mol. The summed E-state index contributed by atoms with van der Waals surface area (Å²) in [6, 6.07) is 2.00. The standard InChI is InChI=1S/C13H14N2OS/c1-13(15-5-6-17-13)4-3-11-7-12(10-16-2)9-14-8-11/h5-9,15H,10H2,1-2H3. The van der Waals surface area contributed by atoms with E-state index in [1.54, 1.807) is 31.3 Å². The van der Waals surface area contributed by atoms with Crippen LogP contribution >= 0.6 is 11.8 Å². The molecule has 2 heterocycles. The minimum atomic E-state index is -0.225. The molecule has 0 radical (unpaired) electrons. The van der Waals surface area contributed by atoms with E-state index in [2.05, 4.69) is 29.1 Å². The molecular weight excluding hydrogens is 232 g/mol. The second kappa shape index (κ2) is 5.26. The van der Waals surface area contributed by atoms with Crippen molar-refractivity contribution < 1.29 is 4.74 Å². The van der Waals surface area contributed by atoms with Gasteiger partial charge >= 0.3 is 0 Å². The highest BCUT2D eigenvalue weighted by atomic mass is 32.2. The maximum atomic E-state index is 5.07. The SMILES string of the molecule is COCc1cncc(C#CC2(C)NC=CS2)c1. The van der Waals surface area contributed by atoms with Crippen molar-refractivity contribution in [2.24, 2.45) is 0 Å². The summed E-state index contributed by atoms with van der Waals surface area (Å²) in [6.07, 6.45) is 5.47. The lowest BCUT2D eigenvalue weighted by molar-refractivity contribution is 0.184. The molecule has 1 atom stereocenters. The molecule has 0 spiro atoms. The van der Waals surface area contributed by atoms with Gasteiger partial charge < -0.3 is 10.1 Å². The van der Waals surface area contributed by atoms with Crippen LogP contribution in [0.5, 0.6) is 0 Å². The van der Waals surface area contributed by atoms with Crippen molar-refractivity contribution in [3.8, 4) is 11.8 Å². The normalized spacial score (nSPS) is 21.8. The fourth-order valence-electron chi connectivity index (χ4n) is 1.46. The summed E-state index contributed by atoms with van der Waals surface area (Å²) in [5, 5.41) is 5.21. The van der Waals surface area contributed by atoms with Gasteiger partial charge in [-0.2, -0.15) is 0 Å². The van der Waals surface area contributed by atoms with E-state index in [-0.39, 0.29) is 4.87 Å². The van der Waals surface area contributed by atoms with E-state index in [0.717, 1.165) is 11.1 Å². The molecule has 1 unspecified atom stereocenters. The van der Waals surface area contributed by atoms with Crippen molar-refractivity contribution in [1.29, 1.82) is 0 Å². The predicted octanol–water partition coefficient (Wildman–Crippen LogP) is 2.10. The van der Waals surface area contributed by atoms with Crippen LogP contribution < -0.4 is 5.32 Å². The molecule has 0 aromatic carbocycles. The first-order valence-electron chi connectivity index (χ1n) is 5.28. The van der Waals surface area contributed by atoms with Gasteiger partial charge in [0.2, 0.25) is 0 Å². The third kappa shape index (κ3) is 3.26. The average molecular weight is 246 g/mol. The van der Waals surface area contributed by atoms with E-state index in [9.17, 15) is 0 Å². The number of methoxy groups -OCH3 is 1. The Morgan fingerprint density at radius 2 is 2.41 bits per heavy atom. The molecular formula is C13H14N2OS. The molecule has 1 aromatic heterocycles. The summed E-state index contributed by atoms with van der Waals surface area (Å²) in [4.78, 5) is 3.92. The fraction of sp³-hybridized carbons (Fsp3) is 0.308. The van der Waals surface area contributed by atoms with Gasteiger partial charge in [0.05, 0.1) is 6.61 Å². The van der Waals surface area contributed by atoms with Gasteiger partial charge in [0, 0.05) is 31.3 Å². The molecule has 0 fully saturated rings. The Morgan fingerprint density at radius 3 is 3.12 bits per heavy atom. The number of thioether (sulfide) groups is 1. The molecule has 0 amide bonds. The highest BCUT2D eigenvalue weighted by Gasteiger charge is 2.22. The summed E-state index contributed by atoms with van der Waals surface area (Å²) < 4.78 is 5.07. The van der Waals surface area contributed by atoms with E-state index in [1.165, 1.54) is 0 Å². The van der Waals surface area contributed by atoms with Crippen LogP contribution in [-0.4, -0.2) is 17.0 Å². The van der Waals surface area contributed by atoms with E-state index < -0.39 is 0 Å². The number of nitrogens with one attached hydrogen (secondary N) is 1. The Kier molecular flexibility index (Phi) is 3.72. The second-order valence-electron chi connectivity index (χ2n) is 3.86. The number of hydrogen-bond donors (Lipinski definition) is 1. The van der Waals surface area contributed by atoms with Gasteiger partial charge in [-0.15, -0.1) is 0 Å². The van der Waals surface area contributed by atoms with Crippen molar-refractivity contribution in [1.82, 2.24) is 10.3 Å². The predicted molar refractivity (Wildman–Crippen MR) is 70.1 cm³/mol. The molecule has 2 rings (SSSR count). The maximum absolute atomic E-state index is 5.07. The zero-order valence-electron chi connectivity index (χ0n) is 9.86. The minimum absolute atomic E-state index is 0.225. The van der Waals surface area contributed by atoms with Gasteiger partial charge in [0.15, 0.2) is 0 Å². The van der Waals surface area contributed by atoms with Crippen molar-refractivity contribution in [2.75, 3.05) is 7.11 Å². The van der Waals surface area contributed by atoms with Gasteiger partial charge in [-0.25, -0.2) is 0 Å². The molecule has 1 aliphatic heterocycles. The molecule has 0 aliphatic carbocycles. The Bertz CT molecular complexity index is 480. The largest absolute Gasteiger partial charge is 0.380 e. The van der Waals surface area contributed by atoms with E-state index in [4.69, 9.17) is 4.74 Å². The van der Waals surface area contributed by atoms with Crippen LogP contribution in [0.25, 0.3) is 0 Å². The molecule has 88 valence electrons. The lowest BCUT2D eigenvalue weighted by Gasteiger charge is -2.15. The topological polar surface area (TPSA) is 34.1 Å². The molecule has 17 heavy (non-hydrogen) atoms. The number of nitrogens with zero attached hydrogens (tertiary/aromatic N) is 1. The van der Waals surface area contributed by atoms with Crippen molar-refractivity contribution in [3.05, 3.63) is 41.2 Å². The van der Waals surface area contributed by atoms with Crippen molar-refractivity contribution >= 4 is 11.8 Å². The van der Waals surface area contributed by atoms with Crippen LogP contribution in [0.2, 0.25) is 0 Å². The first kappa shape index (κ1) is 12.0. The summed E-state index contributed by atoms with van der Waals surface area (Å²) in [5.41, 5.74) is 1.95. The Labute approximate surface area is 106 Å². The Morgan fingerprint density at radius 1 is 1.53 bits per heavy atom. The number of hydrogen-bond acceptors (Lipinski definition) is 4. The summed E-state index contributed by atoms with van der Waals surface area (Å²) in [6.45, 7) is 2.62. The van der Waals surface area contributed by atoms with Crippen LogP contribution in [0, 0.1) is 11.8 Å². The maximum Gasteiger partial charge on any atom is 0.147 e. The number of ether oxygens (including phenoxy) is 1. The van der Waals surface area contributed by atoms with Gasteiger partial charge in [-0.3, -0.25) is 4.98 Å². The highest BCUT2D eigenvalue weighted by molar-refractivity contribution is 8.03. The zero-order chi connectivity index (χ0) is 12.1. The first-order chi connectivity index (χ1) is 8.22. The Hall–Kier alpha value is -1.44. The molecule has 0 saturated carbocycles. The molecule has 0 saturated heterocycles. The summed E-state index contributed by atoms with van der Waals surface area (Å²) in [5.74, 6) is 6.34. The van der Waals surface area contributed by atoms with E-state index in [0.29, 0.717) is 6.61 Å². The second-order valence-corrected chi connectivity index (χ2v) is 5.19. The van der Waals surface area contributed by atoms with Gasteiger partial charge in [-0.1, -0.05) is 23.6 Å². The van der Waals surface area contributed by atoms with E-state index in [1.807, 2.05) is 17.7 Å². The van der Waals surface area contributed by atoms with Gasteiger partial charge in [-0.05, 0) is 24.0 Å². The van der Waals surface area contributed by atoms with Crippen LogP contribution in [0.15, 0.2) is 30.1 Å². The quantitative estimate of drug-likeness (QED) is 0.810. The third-order valence-electron chi connectivity index (χ3n) is 2.28.